The first-order valence-electron chi connectivity index (χ1n) is 7.54. The lowest BCUT2D eigenvalue weighted by Crippen LogP contribution is -2.12. The molecule has 0 radical (unpaired) electrons. The van der Waals surface area contributed by atoms with E-state index in [0.717, 1.165) is 11.2 Å². The molecule has 1 aliphatic rings. The number of nitrogens with zero attached hydrogens (tertiary/aromatic N) is 2. The van der Waals surface area contributed by atoms with Crippen molar-refractivity contribution in [3.05, 3.63) is 24.5 Å². The summed E-state index contributed by atoms with van der Waals surface area (Å²) in [7, 11) is 0. The van der Waals surface area contributed by atoms with Crippen molar-refractivity contribution in [2.75, 3.05) is 5.32 Å². The monoisotopic (exact) mass is 271 g/mol. The second-order valence-electron chi connectivity index (χ2n) is 5.55. The number of amides is 1. The first-order valence-corrected chi connectivity index (χ1v) is 7.54. The average Bonchev–Trinajstić information content (AvgIpc) is 2.91. The molecule has 2 aromatic rings. The number of benzene rings is 1. The van der Waals surface area contributed by atoms with E-state index in [4.69, 9.17) is 0 Å². The third-order valence-corrected chi connectivity index (χ3v) is 4.15. The molecule has 1 aliphatic carbocycles. The molecule has 20 heavy (non-hydrogen) atoms. The Balaban J connectivity index is 1.87. The summed E-state index contributed by atoms with van der Waals surface area (Å²) in [5, 5.41) is 2.88. The fourth-order valence-electron chi connectivity index (χ4n) is 3.01. The van der Waals surface area contributed by atoms with Gasteiger partial charge < -0.3 is 9.88 Å². The highest BCUT2D eigenvalue weighted by atomic mass is 16.1. The zero-order valence-corrected chi connectivity index (χ0v) is 11.9. The third kappa shape index (κ3) is 2.55. The fourth-order valence-corrected chi connectivity index (χ4v) is 3.01. The average molecular weight is 271 g/mol. The number of aromatic nitrogens is 2. The Labute approximate surface area is 119 Å². The van der Waals surface area contributed by atoms with E-state index in [2.05, 4.69) is 20.9 Å². The summed E-state index contributed by atoms with van der Waals surface area (Å²) in [5.41, 5.74) is 2.97. The van der Waals surface area contributed by atoms with Crippen LogP contribution in [0.15, 0.2) is 24.5 Å². The zero-order chi connectivity index (χ0) is 13.9. The topological polar surface area (TPSA) is 46.9 Å². The molecule has 1 fully saturated rings. The van der Waals surface area contributed by atoms with Crippen LogP contribution < -0.4 is 5.32 Å². The maximum Gasteiger partial charge on any atom is 0.224 e. The highest BCUT2D eigenvalue weighted by Gasteiger charge is 2.17. The van der Waals surface area contributed by atoms with Gasteiger partial charge in [-0.1, -0.05) is 26.2 Å². The van der Waals surface area contributed by atoms with Crippen LogP contribution in [-0.4, -0.2) is 15.5 Å². The van der Waals surface area contributed by atoms with Crippen LogP contribution in [0.3, 0.4) is 0 Å². The van der Waals surface area contributed by atoms with Crippen molar-refractivity contribution in [1.82, 2.24) is 9.55 Å². The molecule has 0 bridgehead atoms. The van der Waals surface area contributed by atoms with Crippen molar-refractivity contribution < 1.29 is 4.79 Å². The van der Waals surface area contributed by atoms with Crippen LogP contribution in [0.5, 0.6) is 0 Å². The second-order valence-corrected chi connectivity index (χ2v) is 5.55. The molecule has 1 heterocycles. The summed E-state index contributed by atoms with van der Waals surface area (Å²) in [5.74, 6) is 0.0380. The van der Waals surface area contributed by atoms with Gasteiger partial charge in [0.1, 0.15) is 0 Å². The summed E-state index contributed by atoms with van der Waals surface area (Å²) in [6, 6.07) is 6.59. The van der Waals surface area contributed by atoms with Gasteiger partial charge in [0.25, 0.3) is 0 Å². The summed E-state index contributed by atoms with van der Waals surface area (Å²) in [4.78, 5) is 15.9. The molecule has 1 aromatic heterocycles. The van der Waals surface area contributed by atoms with Crippen molar-refractivity contribution in [1.29, 1.82) is 0 Å². The molecule has 1 aromatic carbocycles. The lowest BCUT2D eigenvalue weighted by molar-refractivity contribution is -0.115. The van der Waals surface area contributed by atoms with E-state index in [1.165, 1.54) is 37.6 Å². The van der Waals surface area contributed by atoms with Crippen molar-refractivity contribution in [2.24, 2.45) is 0 Å². The Morgan fingerprint density at radius 1 is 1.35 bits per heavy atom. The molecule has 1 amide bonds. The Hall–Kier alpha value is -1.84. The van der Waals surface area contributed by atoms with Gasteiger partial charge >= 0.3 is 0 Å². The largest absolute Gasteiger partial charge is 0.327 e. The van der Waals surface area contributed by atoms with Crippen LogP contribution in [0, 0.1) is 0 Å². The van der Waals surface area contributed by atoms with Crippen molar-refractivity contribution >= 4 is 22.6 Å². The molecule has 0 spiro atoms. The number of hydrogen-bond acceptors (Lipinski definition) is 2. The zero-order valence-electron chi connectivity index (χ0n) is 11.9. The molecular weight excluding hydrogens is 250 g/mol. The van der Waals surface area contributed by atoms with E-state index in [-0.39, 0.29) is 5.91 Å². The molecular formula is C16H21N3O. The summed E-state index contributed by atoms with van der Waals surface area (Å²) >= 11 is 0. The minimum atomic E-state index is 0.0380. The highest BCUT2D eigenvalue weighted by Crippen LogP contribution is 2.31. The van der Waals surface area contributed by atoms with E-state index in [9.17, 15) is 4.79 Å². The van der Waals surface area contributed by atoms with E-state index in [0.29, 0.717) is 12.5 Å². The molecule has 106 valence electrons. The molecule has 0 unspecified atom stereocenters. The lowest BCUT2D eigenvalue weighted by atomic mass is 9.95. The van der Waals surface area contributed by atoms with E-state index < -0.39 is 0 Å². The van der Waals surface area contributed by atoms with Crippen molar-refractivity contribution in [3.63, 3.8) is 0 Å². The van der Waals surface area contributed by atoms with Crippen LogP contribution in [0.2, 0.25) is 0 Å². The van der Waals surface area contributed by atoms with Gasteiger partial charge in [0.05, 0.1) is 17.4 Å². The third-order valence-electron chi connectivity index (χ3n) is 4.15. The predicted octanol–water partition coefficient (Wildman–Crippen LogP) is 3.89. The van der Waals surface area contributed by atoms with Gasteiger partial charge in [-0.15, -0.1) is 0 Å². The van der Waals surface area contributed by atoms with E-state index in [1.54, 1.807) is 0 Å². The number of rotatable bonds is 3. The number of nitrogens with one attached hydrogen (secondary N) is 1. The minimum absolute atomic E-state index is 0.0380. The standard InChI is InChI=1S/C16H21N3O/c1-2-16(20)18-12-8-9-15-14(10-12)17-11-19(15)13-6-4-3-5-7-13/h8-11,13H,2-7H2,1H3,(H,18,20). The van der Waals surface area contributed by atoms with Gasteiger partial charge in [-0.25, -0.2) is 4.98 Å². The van der Waals surface area contributed by atoms with Gasteiger partial charge in [-0.3, -0.25) is 4.79 Å². The smallest absolute Gasteiger partial charge is 0.224 e. The first kappa shape index (κ1) is 13.2. The lowest BCUT2D eigenvalue weighted by Gasteiger charge is -2.23. The van der Waals surface area contributed by atoms with Crippen LogP contribution in [0.1, 0.15) is 51.5 Å². The fraction of sp³-hybridized carbons (Fsp3) is 0.500. The van der Waals surface area contributed by atoms with E-state index >= 15 is 0 Å². The van der Waals surface area contributed by atoms with Crippen LogP contribution in [-0.2, 0) is 4.79 Å². The maximum atomic E-state index is 11.4. The number of hydrogen-bond donors (Lipinski definition) is 1. The first-order chi connectivity index (χ1) is 9.78. The van der Waals surface area contributed by atoms with Crippen molar-refractivity contribution in [3.8, 4) is 0 Å². The molecule has 1 N–H and O–H groups in total. The molecule has 4 nitrogen and oxygen atoms in total. The molecule has 0 aliphatic heterocycles. The Bertz CT molecular complexity index is 611. The second kappa shape index (κ2) is 5.65. The van der Waals surface area contributed by atoms with Gasteiger partial charge in [-0.2, -0.15) is 0 Å². The SMILES string of the molecule is CCC(=O)Nc1ccc2c(c1)ncn2C1CCCCC1. The Kier molecular flexibility index (Phi) is 3.72. The summed E-state index contributed by atoms with van der Waals surface area (Å²) in [6.45, 7) is 1.85. The van der Waals surface area contributed by atoms with Crippen LogP contribution >= 0.6 is 0 Å². The summed E-state index contributed by atoms with van der Waals surface area (Å²) < 4.78 is 2.31. The highest BCUT2D eigenvalue weighted by molar-refractivity contribution is 5.92. The number of anilines is 1. The minimum Gasteiger partial charge on any atom is -0.327 e. The van der Waals surface area contributed by atoms with Gasteiger partial charge in [0.15, 0.2) is 0 Å². The predicted molar refractivity (Wildman–Crippen MR) is 80.8 cm³/mol. The molecule has 1 saturated carbocycles. The Morgan fingerprint density at radius 3 is 2.90 bits per heavy atom. The number of fused-ring (bicyclic) bond motifs is 1. The molecule has 3 rings (SSSR count). The van der Waals surface area contributed by atoms with E-state index in [1.807, 2.05) is 25.4 Å². The number of imidazole rings is 1. The van der Waals surface area contributed by atoms with Crippen molar-refractivity contribution in [2.45, 2.75) is 51.5 Å². The normalized spacial score (nSPS) is 16.4. The quantitative estimate of drug-likeness (QED) is 0.920. The Morgan fingerprint density at radius 2 is 2.15 bits per heavy atom. The number of carbonyl (C=O) groups is 1. The van der Waals surface area contributed by atoms with Gasteiger partial charge in [-0.05, 0) is 31.0 Å². The summed E-state index contributed by atoms with van der Waals surface area (Å²) in [6.07, 6.45) is 8.93. The number of carbonyl (C=O) groups excluding carboxylic acids is 1. The van der Waals surface area contributed by atoms with Gasteiger partial charge in [0, 0.05) is 18.2 Å². The van der Waals surface area contributed by atoms with Crippen LogP contribution in [0.4, 0.5) is 5.69 Å². The van der Waals surface area contributed by atoms with Crippen LogP contribution in [0.25, 0.3) is 11.0 Å². The van der Waals surface area contributed by atoms with Gasteiger partial charge in [0.2, 0.25) is 5.91 Å². The molecule has 4 heteroatoms. The maximum absolute atomic E-state index is 11.4. The molecule has 0 saturated heterocycles. The molecule has 0 atom stereocenters.